The van der Waals surface area contributed by atoms with Crippen molar-refractivity contribution in [1.82, 2.24) is 4.90 Å². The summed E-state index contributed by atoms with van der Waals surface area (Å²) in [4.78, 5) is 14.0. The molecule has 0 aromatic rings. The van der Waals surface area contributed by atoms with Crippen LogP contribution < -0.4 is 0 Å². The Hall–Kier alpha value is -1.01. The van der Waals surface area contributed by atoms with Gasteiger partial charge in [0.05, 0.1) is 11.2 Å². The lowest BCUT2D eigenvalue weighted by Crippen LogP contribution is -2.41. The Balaban J connectivity index is 2.16. The van der Waals surface area contributed by atoms with Crippen LogP contribution in [0.1, 0.15) is 67.7 Å². The van der Waals surface area contributed by atoms with Crippen molar-refractivity contribution in [2.24, 2.45) is 0 Å². The smallest absolute Gasteiger partial charge is 0.443 e. The summed E-state index contributed by atoms with van der Waals surface area (Å²) < 4.78 is 17.7. The molecule has 130 valence electrons. The highest BCUT2D eigenvalue weighted by atomic mass is 16.7. The van der Waals surface area contributed by atoms with Crippen LogP contribution in [0.4, 0.5) is 4.79 Å². The van der Waals surface area contributed by atoms with Gasteiger partial charge in [-0.25, -0.2) is 4.79 Å². The molecular weight excluding hydrogens is 293 g/mol. The van der Waals surface area contributed by atoms with Crippen molar-refractivity contribution in [2.45, 2.75) is 84.5 Å². The summed E-state index contributed by atoms with van der Waals surface area (Å²) in [6.07, 6.45) is 4.38. The van der Waals surface area contributed by atoms with E-state index in [1.165, 1.54) is 0 Å². The summed E-state index contributed by atoms with van der Waals surface area (Å²) in [7, 11) is -0.400. The van der Waals surface area contributed by atoms with Gasteiger partial charge in [-0.2, -0.15) is 0 Å². The molecule has 2 aliphatic rings. The van der Waals surface area contributed by atoms with Crippen molar-refractivity contribution in [1.29, 1.82) is 0 Å². The molecule has 0 aromatic heterocycles. The van der Waals surface area contributed by atoms with E-state index in [-0.39, 0.29) is 17.3 Å². The van der Waals surface area contributed by atoms with E-state index >= 15 is 0 Å². The van der Waals surface area contributed by atoms with Crippen LogP contribution in [0, 0.1) is 0 Å². The summed E-state index contributed by atoms with van der Waals surface area (Å²) in [6, 6.07) is 0. The van der Waals surface area contributed by atoms with Crippen molar-refractivity contribution in [3.05, 3.63) is 11.7 Å². The standard InChI is InChI=1S/C17H30BNO4/c1-15(2,3)21-14(20)19-11-9-8-10-13(12-19)18-22-16(4,5)17(6,7)23-18/h12H,8-11H2,1-7H3. The Morgan fingerprint density at radius 2 is 1.74 bits per heavy atom. The molecule has 0 atom stereocenters. The van der Waals surface area contributed by atoms with Gasteiger partial charge in [0.25, 0.3) is 0 Å². The average Bonchev–Trinajstić information content (AvgIpc) is 2.56. The fraction of sp³-hybridized carbons (Fsp3) is 0.824. The van der Waals surface area contributed by atoms with E-state index in [2.05, 4.69) is 0 Å². The molecule has 1 amide bonds. The minimum Gasteiger partial charge on any atom is -0.443 e. The molecule has 0 unspecified atom stereocenters. The normalized spacial score (nSPS) is 24.2. The number of nitrogens with zero attached hydrogens (tertiary/aromatic N) is 1. The maximum atomic E-state index is 12.4. The molecule has 0 aliphatic carbocycles. The zero-order valence-electron chi connectivity index (χ0n) is 15.6. The number of carbonyl (C=O) groups is 1. The lowest BCUT2D eigenvalue weighted by atomic mass is 9.76. The molecule has 0 N–H and O–H groups in total. The first-order valence-electron chi connectivity index (χ1n) is 8.47. The minimum atomic E-state index is -0.498. The fourth-order valence-electron chi connectivity index (χ4n) is 2.58. The van der Waals surface area contributed by atoms with Crippen molar-refractivity contribution < 1.29 is 18.8 Å². The first-order valence-corrected chi connectivity index (χ1v) is 8.47. The molecule has 0 radical (unpaired) electrons. The van der Waals surface area contributed by atoms with Gasteiger partial charge in [-0.05, 0) is 73.2 Å². The number of carbonyl (C=O) groups excluding carboxylic acids is 1. The van der Waals surface area contributed by atoms with Crippen molar-refractivity contribution >= 4 is 13.2 Å². The van der Waals surface area contributed by atoms with Crippen LogP contribution in [0.2, 0.25) is 0 Å². The third-order valence-corrected chi connectivity index (χ3v) is 4.62. The minimum absolute atomic E-state index is 0.312. The molecule has 23 heavy (non-hydrogen) atoms. The van der Waals surface area contributed by atoms with Gasteiger partial charge in [0.1, 0.15) is 5.60 Å². The lowest BCUT2D eigenvalue weighted by Gasteiger charge is -2.32. The molecule has 0 spiro atoms. The van der Waals surface area contributed by atoms with Crippen molar-refractivity contribution in [3.63, 3.8) is 0 Å². The third kappa shape index (κ3) is 4.30. The number of allylic oxidation sites excluding steroid dienone is 1. The Morgan fingerprint density at radius 1 is 1.17 bits per heavy atom. The van der Waals surface area contributed by atoms with Gasteiger partial charge in [-0.1, -0.05) is 0 Å². The highest BCUT2D eigenvalue weighted by Crippen LogP contribution is 2.39. The van der Waals surface area contributed by atoms with Gasteiger partial charge < -0.3 is 14.0 Å². The summed E-state index contributed by atoms with van der Waals surface area (Å²) in [5.74, 6) is 0. The summed E-state index contributed by atoms with van der Waals surface area (Å²) in [6.45, 7) is 14.4. The second-order valence-electron chi connectivity index (χ2n) is 8.42. The second-order valence-corrected chi connectivity index (χ2v) is 8.42. The van der Waals surface area contributed by atoms with Crippen LogP contribution in [0.5, 0.6) is 0 Å². The first-order chi connectivity index (χ1) is 10.4. The number of ether oxygens (including phenoxy) is 1. The molecule has 2 aliphatic heterocycles. The van der Waals surface area contributed by atoms with E-state index in [1.807, 2.05) is 54.7 Å². The van der Waals surface area contributed by atoms with Crippen LogP contribution in [0.15, 0.2) is 11.7 Å². The van der Waals surface area contributed by atoms with Gasteiger partial charge in [-0.15, -0.1) is 0 Å². The molecule has 0 aromatic carbocycles. The largest absolute Gasteiger partial charge is 0.492 e. The summed E-state index contributed by atoms with van der Waals surface area (Å²) >= 11 is 0. The molecule has 5 nitrogen and oxygen atoms in total. The predicted octanol–water partition coefficient (Wildman–Crippen LogP) is 3.92. The quantitative estimate of drug-likeness (QED) is 0.686. The topological polar surface area (TPSA) is 48.0 Å². The van der Waals surface area contributed by atoms with Crippen LogP contribution in [0.25, 0.3) is 0 Å². The van der Waals surface area contributed by atoms with Crippen LogP contribution in [-0.2, 0) is 14.0 Å². The highest BCUT2D eigenvalue weighted by molar-refractivity contribution is 6.54. The molecule has 0 bridgehead atoms. The molecule has 2 rings (SSSR count). The first kappa shape index (κ1) is 18.3. The van der Waals surface area contributed by atoms with Gasteiger partial charge in [-0.3, -0.25) is 4.90 Å². The van der Waals surface area contributed by atoms with E-state index in [0.29, 0.717) is 6.54 Å². The molecule has 1 saturated heterocycles. The Bertz CT molecular complexity index is 477. The van der Waals surface area contributed by atoms with Crippen LogP contribution >= 0.6 is 0 Å². The maximum absolute atomic E-state index is 12.4. The van der Waals surface area contributed by atoms with E-state index in [0.717, 1.165) is 24.7 Å². The molecular formula is C17H30BNO4. The molecule has 1 fully saturated rings. The SMILES string of the molecule is CC(C)(C)OC(=O)N1C=C(B2OC(C)(C)C(C)(C)O2)CCCC1. The van der Waals surface area contributed by atoms with Gasteiger partial charge >= 0.3 is 13.2 Å². The number of amides is 1. The maximum Gasteiger partial charge on any atom is 0.492 e. The van der Waals surface area contributed by atoms with E-state index in [9.17, 15) is 4.79 Å². The van der Waals surface area contributed by atoms with Crippen molar-refractivity contribution in [3.8, 4) is 0 Å². The van der Waals surface area contributed by atoms with Crippen molar-refractivity contribution in [2.75, 3.05) is 6.54 Å². The van der Waals surface area contributed by atoms with Gasteiger partial charge in [0, 0.05) is 12.7 Å². The predicted molar refractivity (Wildman–Crippen MR) is 91.0 cm³/mol. The van der Waals surface area contributed by atoms with Crippen LogP contribution in [-0.4, -0.2) is 41.5 Å². The number of hydrogen-bond acceptors (Lipinski definition) is 4. The van der Waals surface area contributed by atoms with Crippen LogP contribution in [0.3, 0.4) is 0 Å². The number of hydrogen-bond donors (Lipinski definition) is 0. The van der Waals surface area contributed by atoms with Gasteiger partial charge in [0.2, 0.25) is 0 Å². The Labute approximate surface area is 140 Å². The fourth-order valence-corrected chi connectivity index (χ4v) is 2.58. The second kappa shape index (κ2) is 6.13. The monoisotopic (exact) mass is 323 g/mol. The van der Waals surface area contributed by atoms with E-state index in [4.69, 9.17) is 14.0 Å². The summed E-state index contributed by atoms with van der Waals surface area (Å²) in [5, 5.41) is 0. The summed E-state index contributed by atoms with van der Waals surface area (Å²) in [5.41, 5.74) is -0.239. The third-order valence-electron chi connectivity index (χ3n) is 4.62. The Kier molecular flexibility index (Phi) is 4.89. The number of rotatable bonds is 1. The van der Waals surface area contributed by atoms with Gasteiger partial charge in [0.15, 0.2) is 0 Å². The van der Waals surface area contributed by atoms with E-state index < -0.39 is 12.7 Å². The highest BCUT2D eigenvalue weighted by Gasteiger charge is 2.52. The van der Waals surface area contributed by atoms with E-state index in [1.54, 1.807) is 4.90 Å². The average molecular weight is 323 g/mol. The lowest BCUT2D eigenvalue weighted by molar-refractivity contribution is 0.00578. The molecule has 0 saturated carbocycles. The zero-order chi connectivity index (χ0) is 17.5. The molecule has 2 heterocycles. The zero-order valence-corrected chi connectivity index (χ0v) is 15.6. The Morgan fingerprint density at radius 3 is 2.26 bits per heavy atom. The molecule has 6 heteroatoms.